The number of rotatable bonds is 4. The predicted molar refractivity (Wildman–Crippen MR) is 76.0 cm³/mol. The van der Waals surface area contributed by atoms with Gasteiger partial charge in [-0.15, -0.1) is 0 Å². The molecule has 0 bridgehead atoms. The van der Waals surface area contributed by atoms with Crippen molar-refractivity contribution >= 4 is 0 Å². The summed E-state index contributed by atoms with van der Waals surface area (Å²) in [5.74, 6) is 2.19. The van der Waals surface area contributed by atoms with Crippen molar-refractivity contribution in [3.8, 4) is 5.75 Å². The Morgan fingerprint density at radius 3 is 2.44 bits per heavy atom. The second-order valence-corrected chi connectivity index (χ2v) is 5.34. The van der Waals surface area contributed by atoms with Gasteiger partial charge in [0.15, 0.2) is 0 Å². The van der Waals surface area contributed by atoms with Gasteiger partial charge in [0.1, 0.15) is 5.75 Å². The van der Waals surface area contributed by atoms with E-state index in [4.69, 9.17) is 10.5 Å². The molecule has 0 aromatic heterocycles. The molecule has 1 aliphatic rings. The van der Waals surface area contributed by atoms with Crippen LogP contribution < -0.4 is 10.5 Å². The fourth-order valence-corrected chi connectivity index (χ4v) is 3.26. The zero-order chi connectivity index (χ0) is 12.8. The summed E-state index contributed by atoms with van der Waals surface area (Å²) < 4.78 is 5.49. The van der Waals surface area contributed by atoms with Gasteiger partial charge in [0.05, 0.1) is 7.11 Å². The third kappa shape index (κ3) is 3.05. The van der Waals surface area contributed by atoms with Crippen LogP contribution in [0.5, 0.6) is 5.75 Å². The van der Waals surface area contributed by atoms with Gasteiger partial charge in [-0.25, -0.2) is 0 Å². The number of ether oxygens (including phenoxy) is 1. The first-order chi connectivity index (χ1) is 8.86. The van der Waals surface area contributed by atoms with Crippen LogP contribution in [0.1, 0.15) is 50.0 Å². The van der Waals surface area contributed by atoms with E-state index in [9.17, 15) is 0 Å². The Morgan fingerprint density at radius 1 is 1.17 bits per heavy atom. The van der Waals surface area contributed by atoms with Gasteiger partial charge in [-0.1, -0.05) is 43.9 Å². The first-order valence-electron chi connectivity index (χ1n) is 7.19. The molecule has 0 radical (unpaired) electrons. The van der Waals surface area contributed by atoms with Crippen LogP contribution in [0.15, 0.2) is 24.3 Å². The molecule has 1 fully saturated rings. The van der Waals surface area contributed by atoms with Crippen molar-refractivity contribution < 1.29 is 4.74 Å². The monoisotopic (exact) mass is 247 g/mol. The second-order valence-electron chi connectivity index (χ2n) is 5.34. The zero-order valence-corrected chi connectivity index (χ0v) is 11.4. The van der Waals surface area contributed by atoms with Crippen molar-refractivity contribution in [1.29, 1.82) is 0 Å². The molecular formula is C16H25NO. The lowest BCUT2D eigenvalue weighted by atomic mass is 9.81. The van der Waals surface area contributed by atoms with Crippen molar-refractivity contribution in [1.82, 2.24) is 0 Å². The third-order valence-electron chi connectivity index (χ3n) is 4.26. The van der Waals surface area contributed by atoms with Crippen LogP contribution >= 0.6 is 0 Å². The second kappa shape index (κ2) is 6.79. The molecular weight excluding hydrogens is 222 g/mol. The summed E-state index contributed by atoms with van der Waals surface area (Å²) in [7, 11) is 1.75. The molecule has 2 N–H and O–H groups in total. The van der Waals surface area contributed by atoms with Crippen molar-refractivity contribution in [3.63, 3.8) is 0 Å². The van der Waals surface area contributed by atoms with E-state index in [0.29, 0.717) is 5.92 Å². The fraction of sp³-hybridized carbons (Fsp3) is 0.625. The van der Waals surface area contributed by atoms with E-state index in [1.165, 1.54) is 44.1 Å². The molecule has 1 aromatic rings. The highest BCUT2D eigenvalue weighted by Crippen LogP contribution is 2.38. The van der Waals surface area contributed by atoms with Crippen LogP contribution in [0, 0.1) is 5.92 Å². The Bertz CT molecular complexity index is 356. The highest BCUT2D eigenvalue weighted by Gasteiger charge is 2.25. The normalized spacial score (nSPS) is 19.2. The Labute approximate surface area is 111 Å². The first kappa shape index (κ1) is 13.4. The van der Waals surface area contributed by atoms with Crippen molar-refractivity contribution in [2.24, 2.45) is 11.7 Å². The van der Waals surface area contributed by atoms with Crippen molar-refractivity contribution in [2.45, 2.75) is 44.4 Å². The Balaban J connectivity index is 2.20. The predicted octanol–water partition coefficient (Wildman–Crippen LogP) is 3.71. The third-order valence-corrected chi connectivity index (χ3v) is 4.26. The number of benzene rings is 1. The first-order valence-corrected chi connectivity index (χ1v) is 7.19. The average molecular weight is 247 g/mol. The molecule has 0 aliphatic heterocycles. The maximum Gasteiger partial charge on any atom is 0.122 e. The van der Waals surface area contributed by atoms with E-state index in [1.54, 1.807) is 7.11 Å². The van der Waals surface area contributed by atoms with Gasteiger partial charge in [-0.05, 0) is 36.9 Å². The van der Waals surface area contributed by atoms with E-state index in [1.807, 2.05) is 6.07 Å². The van der Waals surface area contributed by atoms with E-state index in [2.05, 4.69) is 18.2 Å². The molecule has 1 unspecified atom stereocenters. The lowest BCUT2D eigenvalue weighted by molar-refractivity contribution is 0.357. The van der Waals surface area contributed by atoms with Crippen molar-refractivity contribution in [2.75, 3.05) is 13.7 Å². The van der Waals surface area contributed by atoms with Gasteiger partial charge in [-0.3, -0.25) is 0 Å². The van der Waals surface area contributed by atoms with Crippen LogP contribution in [0.4, 0.5) is 0 Å². The summed E-state index contributed by atoms with van der Waals surface area (Å²) in [4.78, 5) is 0. The van der Waals surface area contributed by atoms with Gasteiger partial charge >= 0.3 is 0 Å². The van der Waals surface area contributed by atoms with Gasteiger partial charge in [-0.2, -0.15) is 0 Å². The van der Waals surface area contributed by atoms with Gasteiger partial charge in [0.25, 0.3) is 0 Å². The molecule has 1 aromatic carbocycles. The number of hydrogen-bond acceptors (Lipinski definition) is 2. The summed E-state index contributed by atoms with van der Waals surface area (Å²) in [6, 6.07) is 8.36. The molecule has 1 saturated carbocycles. The van der Waals surface area contributed by atoms with Crippen molar-refractivity contribution in [3.05, 3.63) is 29.8 Å². The molecule has 0 saturated heterocycles. The Morgan fingerprint density at radius 2 is 1.83 bits per heavy atom. The average Bonchev–Trinajstić information content (AvgIpc) is 2.69. The fourth-order valence-electron chi connectivity index (χ4n) is 3.26. The number of para-hydroxylation sites is 1. The van der Waals surface area contributed by atoms with E-state index in [0.717, 1.165) is 18.2 Å². The van der Waals surface area contributed by atoms with Crippen LogP contribution in [-0.4, -0.2) is 13.7 Å². The standard InChI is InChI=1S/C16H25NO/c1-18-16-11-7-6-10-14(16)15(12-17)13-8-4-2-3-5-9-13/h6-7,10-11,13,15H,2-5,8-9,12,17H2,1H3. The topological polar surface area (TPSA) is 35.2 Å². The molecule has 100 valence electrons. The van der Waals surface area contributed by atoms with E-state index in [-0.39, 0.29) is 0 Å². The molecule has 18 heavy (non-hydrogen) atoms. The molecule has 1 aliphatic carbocycles. The van der Waals surface area contributed by atoms with Gasteiger partial charge < -0.3 is 10.5 Å². The summed E-state index contributed by atoms with van der Waals surface area (Å²) >= 11 is 0. The zero-order valence-electron chi connectivity index (χ0n) is 11.4. The lowest BCUT2D eigenvalue weighted by Gasteiger charge is -2.26. The molecule has 0 spiro atoms. The van der Waals surface area contributed by atoms with Gasteiger partial charge in [0, 0.05) is 5.92 Å². The van der Waals surface area contributed by atoms with E-state index < -0.39 is 0 Å². The minimum Gasteiger partial charge on any atom is -0.496 e. The SMILES string of the molecule is COc1ccccc1C(CN)C1CCCCCC1. The van der Waals surface area contributed by atoms with E-state index >= 15 is 0 Å². The summed E-state index contributed by atoms with van der Waals surface area (Å²) in [5, 5.41) is 0. The molecule has 2 heteroatoms. The number of hydrogen-bond donors (Lipinski definition) is 1. The maximum absolute atomic E-state index is 6.05. The summed E-state index contributed by atoms with van der Waals surface area (Å²) in [6.45, 7) is 0.727. The molecule has 2 nitrogen and oxygen atoms in total. The van der Waals surface area contributed by atoms with Crippen LogP contribution in [-0.2, 0) is 0 Å². The van der Waals surface area contributed by atoms with Gasteiger partial charge in [0.2, 0.25) is 0 Å². The minimum atomic E-state index is 0.458. The van der Waals surface area contributed by atoms with Crippen LogP contribution in [0.25, 0.3) is 0 Å². The highest BCUT2D eigenvalue weighted by molar-refractivity contribution is 5.36. The number of methoxy groups -OCH3 is 1. The highest BCUT2D eigenvalue weighted by atomic mass is 16.5. The quantitative estimate of drug-likeness (QED) is 0.823. The lowest BCUT2D eigenvalue weighted by Crippen LogP contribution is -2.22. The summed E-state index contributed by atoms with van der Waals surface area (Å²) in [5.41, 5.74) is 7.36. The molecule has 0 heterocycles. The number of nitrogens with two attached hydrogens (primary N) is 1. The Hall–Kier alpha value is -1.02. The molecule has 1 atom stereocenters. The van der Waals surface area contributed by atoms with Crippen LogP contribution in [0.3, 0.4) is 0 Å². The Kier molecular flexibility index (Phi) is 5.06. The summed E-state index contributed by atoms with van der Waals surface area (Å²) in [6.07, 6.45) is 8.13. The maximum atomic E-state index is 6.05. The van der Waals surface area contributed by atoms with Crippen LogP contribution in [0.2, 0.25) is 0 Å². The molecule has 2 rings (SSSR count). The minimum absolute atomic E-state index is 0.458. The molecule has 0 amide bonds. The smallest absolute Gasteiger partial charge is 0.122 e. The largest absolute Gasteiger partial charge is 0.496 e.